The number of pyridine rings is 1. The molecule has 0 aromatic carbocycles. The molecule has 0 N–H and O–H groups in total. The molecule has 0 atom stereocenters. The van der Waals surface area contributed by atoms with Gasteiger partial charge in [0.05, 0.1) is 6.54 Å². The summed E-state index contributed by atoms with van der Waals surface area (Å²) in [6.45, 7) is 0.332. The van der Waals surface area contributed by atoms with Crippen molar-refractivity contribution in [1.29, 1.82) is 0 Å². The van der Waals surface area contributed by atoms with Crippen LogP contribution >= 0.6 is 0 Å². The number of nitrogens with zero attached hydrogens (tertiary/aromatic N) is 2. The van der Waals surface area contributed by atoms with Crippen LogP contribution in [0.2, 0.25) is 0 Å². The average molecular weight is 242 g/mol. The minimum absolute atomic E-state index is 0.0986. The Hall–Kier alpha value is -1.97. The molecule has 2 amide bonds. The Balaban J connectivity index is 1.84. The van der Waals surface area contributed by atoms with Gasteiger partial charge < -0.3 is 0 Å². The quantitative estimate of drug-likeness (QED) is 0.743. The van der Waals surface area contributed by atoms with Gasteiger partial charge in [-0.25, -0.2) is 0 Å². The number of amides is 2. The van der Waals surface area contributed by atoms with E-state index in [1.165, 1.54) is 4.90 Å². The van der Waals surface area contributed by atoms with E-state index >= 15 is 0 Å². The van der Waals surface area contributed by atoms with Gasteiger partial charge in [0.25, 0.3) is 11.8 Å². The number of hydrogen-bond acceptors (Lipinski definition) is 3. The Morgan fingerprint density at radius 1 is 1.11 bits per heavy atom. The Kier molecular flexibility index (Phi) is 2.70. The first kappa shape index (κ1) is 11.1. The molecule has 92 valence electrons. The van der Waals surface area contributed by atoms with Crippen LogP contribution in [0.1, 0.15) is 31.2 Å². The molecule has 0 radical (unpaired) electrons. The van der Waals surface area contributed by atoms with Crippen LogP contribution in [0.5, 0.6) is 0 Å². The van der Waals surface area contributed by atoms with Crippen molar-refractivity contribution in [3.05, 3.63) is 41.2 Å². The van der Waals surface area contributed by atoms with Crippen molar-refractivity contribution in [3.63, 3.8) is 0 Å². The van der Waals surface area contributed by atoms with Gasteiger partial charge in [-0.1, -0.05) is 6.07 Å². The molecule has 0 bridgehead atoms. The van der Waals surface area contributed by atoms with Crippen LogP contribution in [0.15, 0.2) is 35.7 Å². The van der Waals surface area contributed by atoms with Crippen LogP contribution in [-0.4, -0.2) is 21.7 Å². The van der Waals surface area contributed by atoms with Crippen LogP contribution in [0, 0.1) is 0 Å². The van der Waals surface area contributed by atoms with Crippen LogP contribution in [-0.2, 0) is 16.1 Å². The van der Waals surface area contributed by atoms with Gasteiger partial charge in [-0.2, -0.15) is 0 Å². The minimum atomic E-state index is -0.0986. The maximum atomic E-state index is 12.2. The summed E-state index contributed by atoms with van der Waals surface area (Å²) in [4.78, 5) is 29.7. The first-order valence-electron chi connectivity index (χ1n) is 6.24. The smallest absolute Gasteiger partial charge is 0.257 e. The number of hydrogen-bond donors (Lipinski definition) is 0. The van der Waals surface area contributed by atoms with Gasteiger partial charge in [-0.3, -0.25) is 19.5 Å². The average Bonchev–Trinajstić information content (AvgIpc) is 2.66. The molecule has 3 rings (SSSR count). The van der Waals surface area contributed by atoms with Crippen LogP contribution < -0.4 is 0 Å². The topological polar surface area (TPSA) is 50.3 Å². The van der Waals surface area contributed by atoms with Crippen LogP contribution in [0.3, 0.4) is 0 Å². The van der Waals surface area contributed by atoms with E-state index in [0.717, 1.165) is 42.4 Å². The maximum absolute atomic E-state index is 12.2. The minimum Gasteiger partial charge on any atom is -0.270 e. The molecular formula is C14H14N2O2. The summed E-state index contributed by atoms with van der Waals surface area (Å²) in [6, 6.07) is 3.69. The monoisotopic (exact) mass is 242 g/mol. The highest BCUT2D eigenvalue weighted by Crippen LogP contribution is 2.33. The third kappa shape index (κ3) is 1.74. The number of carbonyl (C=O) groups excluding carboxylic acids is 2. The fraction of sp³-hybridized carbons (Fsp3) is 0.357. The zero-order chi connectivity index (χ0) is 12.5. The molecule has 1 aromatic rings. The Morgan fingerprint density at radius 2 is 1.78 bits per heavy atom. The van der Waals surface area contributed by atoms with E-state index in [1.54, 1.807) is 12.4 Å². The van der Waals surface area contributed by atoms with Crippen molar-refractivity contribution in [2.45, 2.75) is 32.2 Å². The Labute approximate surface area is 105 Å². The molecule has 2 aliphatic rings. The number of aromatic nitrogens is 1. The highest BCUT2D eigenvalue weighted by Gasteiger charge is 2.38. The van der Waals surface area contributed by atoms with Crippen molar-refractivity contribution in [2.75, 3.05) is 0 Å². The maximum Gasteiger partial charge on any atom is 0.257 e. The van der Waals surface area contributed by atoms with Crippen molar-refractivity contribution >= 4 is 11.8 Å². The lowest BCUT2D eigenvalue weighted by Crippen LogP contribution is -2.31. The predicted molar refractivity (Wildman–Crippen MR) is 65.3 cm³/mol. The molecule has 18 heavy (non-hydrogen) atoms. The van der Waals surface area contributed by atoms with Gasteiger partial charge in [0.1, 0.15) is 0 Å². The van der Waals surface area contributed by atoms with Crippen molar-refractivity contribution in [1.82, 2.24) is 9.88 Å². The number of imide groups is 1. The van der Waals surface area contributed by atoms with E-state index < -0.39 is 0 Å². The Morgan fingerprint density at radius 3 is 2.33 bits per heavy atom. The van der Waals surface area contributed by atoms with Crippen LogP contribution in [0.25, 0.3) is 0 Å². The molecule has 0 saturated heterocycles. The summed E-state index contributed by atoms with van der Waals surface area (Å²) in [5.74, 6) is -0.197. The van der Waals surface area contributed by atoms with E-state index in [2.05, 4.69) is 4.98 Å². The van der Waals surface area contributed by atoms with Gasteiger partial charge in [-0.15, -0.1) is 0 Å². The van der Waals surface area contributed by atoms with E-state index in [0.29, 0.717) is 6.54 Å². The van der Waals surface area contributed by atoms with E-state index in [9.17, 15) is 9.59 Å². The molecular weight excluding hydrogens is 228 g/mol. The summed E-state index contributed by atoms with van der Waals surface area (Å²) >= 11 is 0. The molecule has 1 aromatic heterocycles. The van der Waals surface area contributed by atoms with Gasteiger partial charge in [0.2, 0.25) is 0 Å². The fourth-order valence-electron chi connectivity index (χ4n) is 2.61. The largest absolute Gasteiger partial charge is 0.270 e. The second-order valence-electron chi connectivity index (χ2n) is 4.72. The lowest BCUT2D eigenvalue weighted by molar-refractivity contribution is -0.138. The molecule has 1 aliphatic carbocycles. The zero-order valence-electron chi connectivity index (χ0n) is 10.1. The summed E-state index contributed by atoms with van der Waals surface area (Å²) in [5.41, 5.74) is 2.38. The first-order chi connectivity index (χ1) is 8.77. The number of rotatable bonds is 2. The summed E-state index contributed by atoms with van der Waals surface area (Å²) in [5, 5.41) is 0. The second-order valence-corrected chi connectivity index (χ2v) is 4.72. The third-order valence-electron chi connectivity index (χ3n) is 3.54. The third-order valence-corrected chi connectivity index (χ3v) is 3.54. The Bertz CT molecular complexity index is 506. The van der Waals surface area contributed by atoms with Gasteiger partial charge >= 0.3 is 0 Å². The lowest BCUT2D eigenvalue weighted by Gasteiger charge is -2.14. The normalized spacial score (nSPS) is 19.4. The van der Waals surface area contributed by atoms with Gasteiger partial charge in [-0.05, 0) is 37.3 Å². The van der Waals surface area contributed by atoms with Crippen LogP contribution in [0.4, 0.5) is 0 Å². The molecule has 1 aliphatic heterocycles. The molecule has 0 spiro atoms. The molecule has 0 unspecified atom stereocenters. The molecule has 0 fully saturated rings. The van der Waals surface area contributed by atoms with E-state index in [-0.39, 0.29) is 11.8 Å². The van der Waals surface area contributed by atoms with Crippen molar-refractivity contribution in [2.24, 2.45) is 0 Å². The predicted octanol–water partition coefficient (Wildman–Crippen LogP) is 1.82. The molecule has 4 heteroatoms. The first-order valence-corrected chi connectivity index (χ1v) is 6.24. The highest BCUT2D eigenvalue weighted by atomic mass is 16.2. The summed E-state index contributed by atoms with van der Waals surface area (Å²) in [6.07, 6.45) is 6.91. The summed E-state index contributed by atoms with van der Waals surface area (Å²) < 4.78 is 0. The van der Waals surface area contributed by atoms with Gasteiger partial charge in [0.15, 0.2) is 0 Å². The standard InChI is InChI=1S/C14H14N2O2/c17-13-11-5-1-2-6-12(11)14(18)16(13)9-10-4-3-7-15-8-10/h3-4,7-8H,1-2,5-6,9H2. The summed E-state index contributed by atoms with van der Waals surface area (Å²) in [7, 11) is 0. The van der Waals surface area contributed by atoms with Crippen molar-refractivity contribution < 1.29 is 9.59 Å². The zero-order valence-corrected chi connectivity index (χ0v) is 10.1. The SMILES string of the molecule is O=C1C2=C(CCCC2)C(=O)N1Cc1cccnc1. The number of carbonyl (C=O) groups is 2. The lowest BCUT2D eigenvalue weighted by atomic mass is 9.93. The highest BCUT2D eigenvalue weighted by molar-refractivity contribution is 6.19. The van der Waals surface area contributed by atoms with E-state index in [4.69, 9.17) is 0 Å². The molecule has 2 heterocycles. The van der Waals surface area contributed by atoms with Crippen molar-refractivity contribution in [3.8, 4) is 0 Å². The molecule has 4 nitrogen and oxygen atoms in total. The molecule has 0 saturated carbocycles. The fourth-order valence-corrected chi connectivity index (χ4v) is 2.61. The van der Waals surface area contributed by atoms with E-state index in [1.807, 2.05) is 12.1 Å². The van der Waals surface area contributed by atoms with Gasteiger partial charge in [0, 0.05) is 23.5 Å². The second kappa shape index (κ2) is 4.37.